The summed E-state index contributed by atoms with van der Waals surface area (Å²) in [4.78, 5) is 7.91. The van der Waals surface area contributed by atoms with Gasteiger partial charge >= 0.3 is 0 Å². The van der Waals surface area contributed by atoms with Crippen LogP contribution in [0.1, 0.15) is 25.1 Å². The van der Waals surface area contributed by atoms with Gasteiger partial charge in [0.15, 0.2) is 11.6 Å². The predicted molar refractivity (Wildman–Crippen MR) is 76.2 cm³/mol. The number of aromatic nitrogens is 2. The van der Waals surface area contributed by atoms with Gasteiger partial charge in [0, 0.05) is 18.3 Å². The van der Waals surface area contributed by atoms with Gasteiger partial charge in [-0.3, -0.25) is 0 Å². The smallest absolute Gasteiger partial charge is 0.222 e. The molecule has 0 spiro atoms. The first kappa shape index (κ1) is 15.8. The van der Waals surface area contributed by atoms with Crippen molar-refractivity contribution < 1.29 is 8.78 Å². The number of aryl methyl sites for hydroxylation is 1. The van der Waals surface area contributed by atoms with Crippen LogP contribution in [0.5, 0.6) is 0 Å². The van der Waals surface area contributed by atoms with Gasteiger partial charge in [0.25, 0.3) is 0 Å². The van der Waals surface area contributed by atoms with Crippen LogP contribution in [0.15, 0.2) is 24.3 Å². The molecule has 2 aromatic rings. The highest BCUT2D eigenvalue weighted by atomic mass is 19.2. The molecule has 20 heavy (non-hydrogen) atoms. The van der Waals surface area contributed by atoms with Crippen LogP contribution in [0.3, 0.4) is 0 Å². The summed E-state index contributed by atoms with van der Waals surface area (Å²) in [5.41, 5.74) is 6.85. The van der Waals surface area contributed by atoms with E-state index in [1.54, 1.807) is 13.0 Å². The molecule has 0 bridgehead atoms. The Morgan fingerprint density at radius 1 is 1.10 bits per heavy atom. The van der Waals surface area contributed by atoms with Crippen molar-refractivity contribution in [1.29, 1.82) is 0 Å². The molecule has 0 atom stereocenters. The quantitative estimate of drug-likeness (QED) is 0.905. The molecule has 108 valence electrons. The molecule has 0 unspecified atom stereocenters. The van der Waals surface area contributed by atoms with Crippen LogP contribution >= 0.6 is 0 Å². The molecule has 0 saturated carbocycles. The van der Waals surface area contributed by atoms with E-state index in [0.29, 0.717) is 17.9 Å². The zero-order valence-corrected chi connectivity index (χ0v) is 11.7. The molecule has 0 radical (unpaired) electrons. The van der Waals surface area contributed by atoms with Crippen LogP contribution in [0.25, 0.3) is 0 Å². The minimum Gasteiger partial charge on any atom is -0.368 e. The molecule has 2 rings (SSSR count). The van der Waals surface area contributed by atoms with E-state index in [2.05, 4.69) is 15.3 Å². The van der Waals surface area contributed by atoms with Crippen molar-refractivity contribution in [2.75, 3.05) is 11.1 Å². The summed E-state index contributed by atoms with van der Waals surface area (Å²) in [6, 6.07) is 5.45. The Kier molecular flexibility index (Phi) is 5.83. The van der Waals surface area contributed by atoms with E-state index < -0.39 is 11.6 Å². The Balaban J connectivity index is 0.000000956. The van der Waals surface area contributed by atoms with E-state index in [1.807, 2.05) is 13.8 Å². The lowest BCUT2D eigenvalue weighted by atomic mass is 10.2. The summed E-state index contributed by atoms with van der Waals surface area (Å²) in [7, 11) is 0. The van der Waals surface area contributed by atoms with Crippen LogP contribution in [0.4, 0.5) is 20.5 Å². The lowest BCUT2D eigenvalue weighted by Gasteiger charge is -2.07. The molecule has 0 saturated heterocycles. The van der Waals surface area contributed by atoms with E-state index in [4.69, 9.17) is 5.73 Å². The predicted octanol–water partition coefficient (Wildman–Crippen LogP) is 3.28. The fraction of sp³-hybridized carbons (Fsp3) is 0.286. The van der Waals surface area contributed by atoms with Crippen molar-refractivity contribution in [3.8, 4) is 0 Å². The summed E-state index contributed by atoms with van der Waals surface area (Å²) in [5.74, 6) is -1.01. The maximum atomic E-state index is 13.0. The zero-order valence-electron chi connectivity index (χ0n) is 11.7. The molecular weight excluding hydrogens is 262 g/mol. The summed E-state index contributed by atoms with van der Waals surface area (Å²) in [5, 5.41) is 2.97. The van der Waals surface area contributed by atoms with Crippen molar-refractivity contribution in [2.24, 2.45) is 0 Å². The molecule has 0 aliphatic heterocycles. The maximum absolute atomic E-state index is 13.0. The third-order valence-electron chi connectivity index (χ3n) is 2.33. The fourth-order valence-electron chi connectivity index (χ4n) is 1.52. The Bertz CT molecular complexity index is 553. The summed E-state index contributed by atoms with van der Waals surface area (Å²) in [6.07, 6.45) is 0. The molecule has 1 aromatic heterocycles. The van der Waals surface area contributed by atoms with E-state index >= 15 is 0 Å². The first-order chi connectivity index (χ1) is 9.54. The van der Waals surface area contributed by atoms with Gasteiger partial charge in [0.2, 0.25) is 5.95 Å². The number of nitrogens with two attached hydrogens (primary N) is 1. The third kappa shape index (κ3) is 4.46. The first-order valence-corrected chi connectivity index (χ1v) is 6.33. The normalized spacial score (nSPS) is 9.65. The van der Waals surface area contributed by atoms with Crippen molar-refractivity contribution in [2.45, 2.75) is 27.3 Å². The summed E-state index contributed by atoms with van der Waals surface area (Å²) >= 11 is 0. The number of hydrogen-bond donors (Lipinski definition) is 2. The van der Waals surface area contributed by atoms with E-state index in [0.717, 1.165) is 17.8 Å². The van der Waals surface area contributed by atoms with Crippen LogP contribution in [0.2, 0.25) is 0 Å². The molecule has 3 N–H and O–H groups in total. The van der Waals surface area contributed by atoms with Gasteiger partial charge < -0.3 is 11.1 Å². The Morgan fingerprint density at radius 3 is 2.40 bits per heavy atom. The number of rotatable bonds is 3. The van der Waals surface area contributed by atoms with E-state index in [-0.39, 0.29) is 5.95 Å². The fourth-order valence-corrected chi connectivity index (χ4v) is 1.52. The average Bonchev–Trinajstić information content (AvgIpc) is 2.41. The highest BCUT2D eigenvalue weighted by Gasteiger charge is 2.03. The second-order valence-electron chi connectivity index (χ2n) is 3.85. The average molecular weight is 280 g/mol. The number of nitrogens with zero attached hydrogens (tertiary/aromatic N) is 2. The second kappa shape index (κ2) is 7.37. The molecule has 0 amide bonds. The molecule has 0 aliphatic rings. The van der Waals surface area contributed by atoms with Crippen molar-refractivity contribution in [3.63, 3.8) is 0 Å². The number of nitrogens with one attached hydrogen (secondary N) is 1. The number of anilines is 2. The van der Waals surface area contributed by atoms with Crippen molar-refractivity contribution >= 4 is 11.8 Å². The van der Waals surface area contributed by atoms with Gasteiger partial charge in [0.05, 0.1) is 0 Å². The summed E-state index contributed by atoms with van der Waals surface area (Å²) in [6.45, 7) is 6.12. The monoisotopic (exact) mass is 280 g/mol. The number of hydrogen-bond acceptors (Lipinski definition) is 4. The maximum Gasteiger partial charge on any atom is 0.222 e. The van der Waals surface area contributed by atoms with Crippen molar-refractivity contribution in [1.82, 2.24) is 9.97 Å². The van der Waals surface area contributed by atoms with Gasteiger partial charge in [-0.25, -0.2) is 13.8 Å². The topological polar surface area (TPSA) is 63.8 Å². The molecule has 1 heterocycles. The second-order valence-corrected chi connectivity index (χ2v) is 3.85. The number of benzene rings is 1. The third-order valence-corrected chi connectivity index (χ3v) is 2.33. The molecule has 6 heteroatoms. The number of nitrogen functional groups attached to an aromatic ring is 1. The SMILES string of the molecule is CC.Cc1cc(NCc2ccc(F)c(F)c2)nc(N)n1. The number of halogens is 2. The first-order valence-electron chi connectivity index (χ1n) is 6.33. The van der Waals surface area contributed by atoms with Crippen LogP contribution in [-0.2, 0) is 6.54 Å². The Labute approximate surface area is 117 Å². The molecule has 1 aromatic carbocycles. The molecule has 0 fully saturated rings. The zero-order chi connectivity index (χ0) is 15.1. The lowest BCUT2D eigenvalue weighted by molar-refractivity contribution is 0.507. The highest BCUT2D eigenvalue weighted by molar-refractivity contribution is 5.40. The largest absolute Gasteiger partial charge is 0.368 e. The van der Waals surface area contributed by atoms with Gasteiger partial charge in [-0.05, 0) is 24.6 Å². The highest BCUT2D eigenvalue weighted by Crippen LogP contribution is 2.12. The van der Waals surface area contributed by atoms with E-state index in [1.165, 1.54) is 6.07 Å². The molecule has 4 nitrogen and oxygen atoms in total. The van der Waals surface area contributed by atoms with Gasteiger partial charge in [-0.15, -0.1) is 0 Å². The van der Waals surface area contributed by atoms with Gasteiger partial charge in [0.1, 0.15) is 5.82 Å². The van der Waals surface area contributed by atoms with Crippen molar-refractivity contribution in [3.05, 3.63) is 47.2 Å². The van der Waals surface area contributed by atoms with Crippen LogP contribution < -0.4 is 11.1 Å². The van der Waals surface area contributed by atoms with Crippen LogP contribution in [0, 0.1) is 18.6 Å². The standard InChI is InChI=1S/C12H12F2N4.C2H6/c1-7-4-11(18-12(15)17-7)16-6-8-2-3-9(13)10(14)5-8;1-2/h2-5H,6H2,1H3,(H3,15,16,17,18);1-2H3. The van der Waals surface area contributed by atoms with Gasteiger partial charge in [-0.1, -0.05) is 19.9 Å². The minimum atomic E-state index is -0.868. The Hall–Kier alpha value is -2.24. The minimum absolute atomic E-state index is 0.169. The van der Waals surface area contributed by atoms with Gasteiger partial charge in [-0.2, -0.15) is 4.98 Å². The Morgan fingerprint density at radius 2 is 1.80 bits per heavy atom. The van der Waals surface area contributed by atoms with Crippen LogP contribution in [-0.4, -0.2) is 9.97 Å². The molecular formula is C14H18F2N4. The lowest BCUT2D eigenvalue weighted by Crippen LogP contribution is -2.05. The van der Waals surface area contributed by atoms with E-state index in [9.17, 15) is 8.78 Å². The summed E-state index contributed by atoms with van der Waals surface area (Å²) < 4.78 is 25.7. The molecule has 0 aliphatic carbocycles.